The second-order valence-corrected chi connectivity index (χ2v) is 5.62. The van der Waals surface area contributed by atoms with E-state index in [9.17, 15) is 4.79 Å². The standard InChI is InChI=1S/C17H16ClNO2/c18-16-9-5-4-8-13(16)14-10-15(14)17(20)19-21-11-12-6-2-1-3-7-12/h1-9,14-15H,10-11H2,(H,19,20). The molecular weight excluding hydrogens is 286 g/mol. The van der Waals surface area contributed by atoms with Gasteiger partial charge in [-0.3, -0.25) is 9.63 Å². The fourth-order valence-electron chi connectivity index (χ4n) is 2.44. The summed E-state index contributed by atoms with van der Waals surface area (Å²) >= 11 is 6.15. The number of halogens is 1. The number of rotatable bonds is 5. The molecule has 21 heavy (non-hydrogen) atoms. The van der Waals surface area contributed by atoms with Crippen molar-refractivity contribution in [1.29, 1.82) is 0 Å². The average Bonchev–Trinajstić information content (AvgIpc) is 3.29. The third-order valence-electron chi connectivity index (χ3n) is 3.69. The molecule has 2 atom stereocenters. The largest absolute Gasteiger partial charge is 0.272 e. The molecule has 3 rings (SSSR count). The maximum Gasteiger partial charge on any atom is 0.247 e. The van der Waals surface area contributed by atoms with Crippen LogP contribution in [0.25, 0.3) is 0 Å². The van der Waals surface area contributed by atoms with Crippen LogP contribution in [0, 0.1) is 5.92 Å². The molecule has 0 aromatic heterocycles. The van der Waals surface area contributed by atoms with E-state index in [1.807, 2.05) is 54.6 Å². The van der Waals surface area contributed by atoms with Crippen molar-refractivity contribution in [3.63, 3.8) is 0 Å². The van der Waals surface area contributed by atoms with E-state index in [4.69, 9.17) is 16.4 Å². The second kappa shape index (κ2) is 6.29. The van der Waals surface area contributed by atoms with E-state index in [2.05, 4.69) is 5.48 Å². The van der Waals surface area contributed by atoms with Gasteiger partial charge in [0.1, 0.15) is 0 Å². The molecule has 1 amide bonds. The van der Waals surface area contributed by atoms with E-state index in [0.717, 1.165) is 22.6 Å². The van der Waals surface area contributed by atoms with Gasteiger partial charge in [-0.25, -0.2) is 5.48 Å². The lowest BCUT2D eigenvalue weighted by Crippen LogP contribution is -2.25. The summed E-state index contributed by atoms with van der Waals surface area (Å²) in [6, 6.07) is 17.4. The SMILES string of the molecule is O=C(NOCc1ccccc1)C1CC1c1ccccc1Cl. The molecule has 108 valence electrons. The summed E-state index contributed by atoms with van der Waals surface area (Å²) in [5.74, 6) is 0.0931. The predicted octanol–water partition coefficient (Wildman–Crippen LogP) is 3.69. The zero-order valence-electron chi connectivity index (χ0n) is 11.5. The second-order valence-electron chi connectivity index (χ2n) is 5.21. The number of carbonyl (C=O) groups excluding carboxylic acids is 1. The van der Waals surface area contributed by atoms with Gasteiger partial charge in [-0.1, -0.05) is 60.1 Å². The molecule has 1 N–H and O–H groups in total. The van der Waals surface area contributed by atoms with Crippen molar-refractivity contribution in [2.45, 2.75) is 18.9 Å². The Morgan fingerprint density at radius 1 is 1.14 bits per heavy atom. The van der Waals surface area contributed by atoms with Gasteiger partial charge in [0.15, 0.2) is 0 Å². The van der Waals surface area contributed by atoms with Crippen molar-refractivity contribution in [3.05, 3.63) is 70.7 Å². The van der Waals surface area contributed by atoms with Crippen LogP contribution in [0.2, 0.25) is 5.02 Å². The molecular formula is C17H16ClNO2. The summed E-state index contributed by atoms with van der Waals surface area (Å²) in [7, 11) is 0. The van der Waals surface area contributed by atoms with Gasteiger partial charge in [-0.2, -0.15) is 0 Å². The van der Waals surface area contributed by atoms with Crippen molar-refractivity contribution in [2.24, 2.45) is 5.92 Å². The maximum atomic E-state index is 12.0. The molecule has 0 spiro atoms. The molecule has 1 aliphatic carbocycles. The molecule has 1 fully saturated rings. The molecule has 1 saturated carbocycles. The topological polar surface area (TPSA) is 38.3 Å². The monoisotopic (exact) mass is 301 g/mol. The third kappa shape index (κ3) is 3.43. The molecule has 0 radical (unpaired) electrons. The Kier molecular flexibility index (Phi) is 4.23. The molecule has 1 aliphatic rings. The number of hydrogen-bond donors (Lipinski definition) is 1. The van der Waals surface area contributed by atoms with Crippen molar-refractivity contribution < 1.29 is 9.63 Å². The fraction of sp³-hybridized carbons (Fsp3) is 0.235. The first kappa shape index (κ1) is 14.1. The number of hydroxylamine groups is 1. The van der Waals surface area contributed by atoms with Gasteiger partial charge in [0, 0.05) is 10.9 Å². The minimum atomic E-state index is -0.0733. The van der Waals surface area contributed by atoms with Crippen LogP contribution in [0.15, 0.2) is 54.6 Å². The Morgan fingerprint density at radius 3 is 2.62 bits per heavy atom. The number of amides is 1. The summed E-state index contributed by atoms with van der Waals surface area (Å²) in [6.45, 7) is 0.371. The summed E-state index contributed by atoms with van der Waals surface area (Å²) < 4.78 is 0. The van der Waals surface area contributed by atoms with Crippen LogP contribution >= 0.6 is 11.6 Å². The first-order chi connectivity index (χ1) is 10.3. The molecule has 0 heterocycles. The lowest BCUT2D eigenvalue weighted by atomic mass is 10.1. The molecule has 0 aliphatic heterocycles. The van der Waals surface area contributed by atoms with Crippen molar-refractivity contribution in [2.75, 3.05) is 0 Å². The van der Waals surface area contributed by atoms with Crippen LogP contribution in [-0.4, -0.2) is 5.91 Å². The van der Waals surface area contributed by atoms with Gasteiger partial charge in [0.2, 0.25) is 5.91 Å². The average molecular weight is 302 g/mol. The molecule has 0 saturated heterocycles. The van der Waals surface area contributed by atoms with Crippen LogP contribution < -0.4 is 5.48 Å². The molecule has 3 nitrogen and oxygen atoms in total. The van der Waals surface area contributed by atoms with Crippen LogP contribution in [-0.2, 0) is 16.2 Å². The molecule has 4 heteroatoms. The first-order valence-corrected chi connectivity index (χ1v) is 7.33. The summed E-state index contributed by atoms with van der Waals surface area (Å²) in [5, 5.41) is 0.725. The number of carbonyl (C=O) groups is 1. The van der Waals surface area contributed by atoms with E-state index < -0.39 is 0 Å². The Bertz CT molecular complexity index is 630. The highest BCUT2D eigenvalue weighted by Gasteiger charge is 2.44. The Morgan fingerprint density at radius 2 is 1.86 bits per heavy atom. The highest BCUT2D eigenvalue weighted by molar-refractivity contribution is 6.31. The van der Waals surface area contributed by atoms with Crippen molar-refractivity contribution in [3.8, 4) is 0 Å². The Balaban J connectivity index is 1.49. The van der Waals surface area contributed by atoms with Crippen LogP contribution in [0.3, 0.4) is 0 Å². The van der Waals surface area contributed by atoms with Gasteiger partial charge in [-0.05, 0) is 29.5 Å². The molecule has 2 aromatic carbocycles. The summed E-state index contributed by atoms with van der Waals surface area (Å²) in [5.41, 5.74) is 4.60. The maximum absolute atomic E-state index is 12.0. The highest BCUT2D eigenvalue weighted by atomic mass is 35.5. The van der Waals surface area contributed by atoms with Gasteiger partial charge in [-0.15, -0.1) is 0 Å². The van der Waals surface area contributed by atoms with Gasteiger partial charge in [0.25, 0.3) is 0 Å². The van der Waals surface area contributed by atoms with Crippen molar-refractivity contribution >= 4 is 17.5 Å². The summed E-state index contributed by atoms with van der Waals surface area (Å²) in [4.78, 5) is 17.3. The van der Waals surface area contributed by atoms with E-state index >= 15 is 0 Å². The van der Waals surface area contributed by atoms with Gasteiger partial charge >= 0.3 is 0 Å². The fourth-order valence-corrected chi connectivity index (χ4v) is 2.72. The van der Waals surface area contributed by atoms with Crippen LogP contribution in [0.1, 0.15) is 23.5 Å². The van der Waals surface area contributed by atoms with Crippen molar-refractivity contribution in [1.82, 2.24) is 5.48 Å². The summed E-state index contributed by atoms with van der Waals surface area (Å²) in [6.07, 6.45) is 0.824. The van der Waals surface area contributed by atoms with E-state index in [1.54, 1.807) is 0 Å². The smallest absolute Gasteiger partial charge is 0.247 e. The Labute approximate surface area is 128 Å². The normalized spacial score (nSPS) is 20.0. The van der Waals surface area contributed by atoms with Gasteiger partial charge < -0.3 is 0 Å². The highest BCUT2D eigenvalue weighted by Crippen LogP contribution is 2.49. The van der Waals surface area contributed by atoms with E-state index in [1.165, 1.54) is 0 Å². The zero-order chi connectivity index (χ0) is 14.7. The third-order valence-corrected chi connectivity index (χ3v) is 4.03. The molecule has 2 unspecified atom stereocenters. The van der Waals surface area contributed by atoms with Crippen LogP contribution in [0.4, 0.5) is 0 Å². The minimum absolute atomic E-state index is 0.0410. The number of hydrogen-bond acceptors (Lipinski definition) is 2. The lowest BCUT2D eigenvalue weighted by Gasteiger charge is -2.06. The first-order valence-electron chi connectivity index (χ1n) is 6.95. The van der Waals surface area contributed by atoms with Crippen LogP contribution in [0.5, 0.6) is 0 Å². The quantitative estimate of drug-likeness (QED) is 0.855. The molecule has 2 aromatic rings. The predicted molar refractivity (Wildman–Crippen MR) is 81.7 cm³/mol. The van der Waals surface area contributed by atoms with E-state index in [0.29, 0.717) is 6.61 Å². The number of nitrogens with one attached hydrogen (secondary N) is 1. The van der Waals surface area contributed by atoms with E-state index in [-0.39, 0.29) is 17.7 Å². The zero-order valence-corrected chi connectivity index (χ0v) is 12.2. The number of benzene rings is 2. The molecule has 0 bridgehead atoms. The lowest BCUT2D eigenvalue weighted by molar-refractivity contribution is -0.136. The Hall–Kier alpha value is -1.84. The van der Waals surface area contributed by atoms with Gasteiger partial charge in [0.05, 0.1) is 6.61 Å². The minimum Gasteiger partial charge on any atom is -0.272 e.